The molecule has 1 amide bonds. The van der Waals surface area contributed by atoms with Crippen molar-refractivity contribution < 1.29 is 4.79 Å². The molecule has 3 N–H and O–H groups in total. The average Bonchev–Trinajstić information content (AvgIpc) is 2.91. The number of hydrogen-bond acceptors (Lipinski definition) is 6. The number of rotatable bonds is 2. The Hall–Kier alpha value is -2.48. The minimum atomic E-state index is -0.275. The van der Waals surface area contributed by atoms with Gasteiger partial charge in [0.15, 0.2) is 0 Å². The van der Waals surface area contributed by atoms with E-state index in [1.807, 2.05) is 6.92 Å². The van der Waals surface area contributed by atoms with Crippen molar-refractivity contribution in [3.63, 3.8) is 0 Å². The minimum Gasteiger partial charge on any atom is -0.396 e. The summed E-state index contributed by atoms with van der Waals surface area (Å²) in [7, 11) is 1.80. The van der Waals surface area contributed by atoms with Crippen molar-refractivity contribution in [1.82, 2.24) is 19.7 Å². The van der Waals surface area contributed by atoms with E-state index in [-0.39, 0.29) is 5.91 Å². The SMILES string of the molecule is Cc1nn(C)cc1NC(=O)c1sc2nccnc2c1N. The Morgan fingerprint density at radius 1 is 1.40 bits per heavy atom. The first-order valence-electron chi connectivity index (χ1n) is 5.87. The third kappa shape index (κ3) is 1.99. The molecule has 0 aliphatic rings. The van der Waals surface area contributed by atoms with Gasteiger partial charge in [-0.2, -0.15) is 5.10 Å². The van der Waals surface area contributed by atoms with Gasteiger partial charge in [-0.15, -0.1) is 11.3 Å². The van der Waals surface area contributed by atoms with Gasteiger partial charge < -0.3 is 11.1 Å². The molecule has 0 aliphatic heterocycles. The monoisotopic (exact) mass is 288 g/mol. The van der Waals surface area contributed by atoms with Crippen molar-refractivity contribution in [2.75, 3.05) is 11.1 Å². The fourth-order valence-electron chi connectivity index (χ4n) is 1.91. The van der Waals surface area contributed by atoms with Gasteiger partial charge in [-0.25, -0.2) is 9.97 Å². The van der Waals surface area contributed by atoms with Gasteiger partial charge in [0.05, 0.1) is 17.1 Å². The number of aryl methyl sites for hydroxylation is 2. The Balaban J connectivity index is 1.96. The van der Waals surface area contributed by atoms with Crippen LogP contribution in [0.4, 0.5) is 11.4 Å². The Morgan fingerprint density at radius 3 is 2.80 bits per heavy atom. The highest BCUT2D eigenvalue weighted by Gasteiger charge is 2.19. The maximum absolute atomic E-state index is 12.3. The molecule has 7 nitrogen and oxygen atoms in total. The van der Waals surface area contributed by atoms with E-state index in [0.717, 1.165) is 5.69 Å². The zero-order chi connectivity index (χ0) is 14.3. The van der Waals surface area contributed by atoms with Crippen LogP contribution in [-0.4, -0.2) is 25.7 Å². The molecule has 0 aliphatic carbocycles. The fourth-order valence-corrected chi connectivity index (χ4v) is 2.83. The Bertz CT molecular complexity index is 805. The van der Waals surface area contributed by atoms with Gasteiger partial charge in [0, 0.05) is 25.6 Å². The molecular weight excluding hydrogens is 276 g/mol. The molecule has 0 radical (unpaired) electrons. The van der Waals surface area contributed by atoms with E-state index in [1.54, 1.807) is 30.3 Å². The highest BCUT2D eigenvalue weighted by Crippen LogP contribution is 2.31. The number of anilines is 2. The van der Waals surface area contributed by atoms with Crippen molar-refractivity contribution >= 4 is 39.0 Å². The number of hydrogen-bond donors (Lipinski definition) is 2. The second-order valence-electron chi connectivity index (χ2n) is 4.31. The molecule has 20 heavy (non-hydrogen) atoms. The van der Waals surface area contributed by atoms with E-state index in [9.17, 15) is 4.79 Å². The number of nitrogens with two attached hydrogens (primary N) is 1. The number of nitrogen functional groups attached to an aromatic ring is 1. The normalized spacial score (nSPS) is 10.9. The van der Waals surface area contributed by atoms with Crippen molar-refractivity contribution in [2.24, 2.45) is 7.05 Å². The van der Waals surface area contributed by atoms with E-state index in [1.165, 1.54) is 11.3 Å². The quantitative estimate of drug-likeness (QED) is 0.745. The lowest BCUT2D eigenvalue weighted by atomic mass is 10.3. The summed E-state index contributed by atoms with van der Waals surface area (Å²) in [6.45, 7) is 1.83. The predicted molar refractivity (Wildman–Crippen MR) is 77.7 cm³/mol. The number of aromatic nitrogens is 4. The van der Waals surface area contributed by atoms with Gasteiger partial charge in [-0.1, -0.05) is 0 Å². The maximum atomic E-state index is 12.3. The lowest BCUT2D eigenvalue weighted by Crippen LogP contribution is -2.12. The van der Waals surface area contributed by atoms with Crippen LogP contribution < -0.4 is 11.1 Å². The first kappa shape index (κ1) is 12.5. The number of nitrogens with zero attached hydrogens (tertiary/aromatic N) is 4. The summed E-state index contributed by atoms with van der Waals surface area (Å²) in [5.41, 5.74) is 8.29. The van der Waals surface area contributed by atoms with Crippen LogP contribution in [0.5, 0.6) is 0 Å². The molecule has 0 spiro atoms. The van der Waals surface area contributed by atoms with Crippen molar-refractivity contribution in [2.45, 2.75) is 6.92 Å². The summed E-state index contributed by atoms with van der Waals surface area (Å²) in [6.07, 6.45) is 4.87. The van der Waals surface area contributed by atoms with Gasteiger partial charge in [0.25, 0.3) is 5.91 Å². The molecule has 0 saturated heterocycles. The lowest BCUT2D eigenvalue weighted by Gasteiger charge is -2.01. The average molecular weight is 288 g/mol. The summed E-state index contributed by atoms with van der Waals surface area (Å²) in [4.78, 5) is 21.6. The van der Waals surface area contributed by atoms with E-state index >= 15 is 0 Å². The molecule has 102 valence electrons. The predicted octanol–water partition coefficient (Wildman–Crippen LogP) is 1.57. The van der Waals surface area contributed by atoms with Gasteiger partial charge in [-0.05, 0) is 6.92 Å². The molecule has 3 rings (SSSR count). The molecule has 3 aromatic heterocycles. The molecule has 0 bridgehead atoms. The Labute approximate surface area is 118 Å². The standard InChI is InChI=1S/C12H12N6OS/c1-6-7(5-18(2)17-6)16-11(19)10-8(13)9-12(20-10)15-4-3-14-9/h3-5H,13H2,1-2H3,(H,16,19). The molecule has 3 heterocycles. The fraction of sp³-hybridized carbons (Fsp3) is 0.167. The Morgan fingerprint density at radius 2 is 2.15 bits per heavy atom. The van der Waals surface area contributed by atoms with Crippen molar-refractivity contribution in [3.05, 3.63) is 29.2 Å². The second kappa shape index (κ2) is 4.57. The molecule has 0 atom stereocenters. The van der Waals surface area contributed by atoms with E-state index in [0.29, 0.717) is 26.6 Å². The highest BCUT2D eigenvalue weighted by molar-refractivity contribution is 7.21. The first-order chi connectivity index (χ1) is 9.56. The minimum absolute atomic E-state index is 0.275. The molecule has 0 fully saturated rings. The topological polar surface area (TPSA) is 98.7 Å². The highest BCUT2D eigenvalue weighted by atomic mass is 32.1. The Kier molecular flexibility index (Phi) is 2.87. The lowest BCUT2D eigenvalue weighted by molar-refractivity contribution is 0.103. The number of thiophene rings is 1. The van der Waals surface area contributed by atoms with Crippen molar-refractivity contribution in [1.29, 1.82) is 0 Å². The van der Waals surface area contributed by atoms with Crippen LogP contribution in [0.2, 0.25) is 0 Å². The van der Waals surface area contributed by atoms with Crippen LogP contribution in [0.25, 0.3) is 10.3 Å². The molecule has 0 aromatic carbocycles. The summed E-state index contributed by atoms with van der Waals surface area (Å²) in [5, 5.41) is 6.97. The van der Waals surface area contributed by atoms with Gasteiger partial charge in [-0.3, -0.25) is 9.48 Å². The number of nitrogens with one attached hydrogen (secondary N) is 1. The van der Waals surface area contributed by atoms with Gasteiger partial charge in [0.1, 0.15) is 15.2 Å². The largest absolute Gasteiger partial charge is 0.396 e. The zero-order valence-electron chi connectivity index (χ0n) is 10.9. The summed E-state index contributed by atoms with van der Waals surface area (Å²) < 4.78 is 1.64. The second-order valence-corrected chi connectivity index (χ2v) is 5.31. The van der Waals surface area contributed by atoms with Gasteiger partial charge >= 0.3 is 0 Å². The summed E-state index contributed by atoms with van der Waals surface area (Å²) in [6, 6.07) is 0. The zero-order valence-corrected chi connectivity index (χ0v) is 11.7. The molecule has 3 aromatic rings. The summed E-state index contributed by atoms with van der Waals surface area (Å²) >= 11 is 1.23. The smallest absolute Gasteiger partial charge is 0.268 e. The van der Waals surface area contributed by atoms with Crippen LogP contribution in [0.3, 0.4) is 0 Å². The van der Waals surface area contributed by atoms with E-state index in [2.05, 4.69) is 20.4 Å². The number of amides is 1. The first-order valence-corrected chi connectivity index (χ1v) is 6.68. The van der Waals surface area contributed by atoms with Crippen LogP contribution in [0.15, 0.2) is 18.6 Å². The molecule has 8 heteroatoms. The number of fused-ring (bicyclic) bond motifs is 1. The summed E-state index contributed by atoms with van der Waals surface area (Å²) in [5.74, 6) is -0.275. The van der Waals surface area contributed by atoms with E-state index < -0.39 is 0 Å². The third-order valence-electron chi connectivity index (χ3n) is 2.83. The molecular formula is C12H12N6OS. The molecule has 0 saturated carbocycles. The number of carbonyl (C=O) groups is 1. The van der Waals surface area contributed by atoms with Crippen LogP contribution in [0, 0.1) is 6.92 Å². The van der Waals surface area contributed by atoms with Crippen LogP contribution in [-0.2, 0) is 7.05 Å². The third-order valence-corrected chi connectivity index (χ3v) is 3.93. The maximum Gasteiger partial charge on any atom is 0.268 e. The number of carbonyl (C=O) groups excluding carboxylic acids is 1. The molecule has 0 unspecified atom stereocenters. The van der Waals surface area contributed by atoms with E-state index in [4.69, 9.17) is 5.73 Å². The van der Waals surface area contributed by atoms with Crippen LogP contribution >= 0.6 is 11.3 Å². The van der Waals surface area contributed by atoms with Gasteiger partial charge in [0.2, 0.25) is 0 Å². The van der Waals surface area contributed by atoms with Crippen molar-refractivity contribution in [3.8, 4) is 0 Å². The van der Waals surface area contributed by atoms with Crippen LogP contribution in [0.1, 0.15) is 15.4 Å².